The van der Waals surface area contributed by atoms with Crippen molar-refractivity contribution in [2.24, 2.45) is 0 Å². The molecule has 0 saturated carbocycles. The lowest BCUT2D eigenvalue weighted by molar-refractivity contribution is -0.134. The van der Waals surface area contributed by atoms with Crippen molar-refractivity contribution in [3.8, 4) is 0 Å². The first-order chi connectivity index (χ1) is 22.4. The van der Waals surface area contributed by atoms with Crippen molar-refractivity contribution in [3.63, 3.8) is 0 Å². The van der Waals surface area contributed by atoms with Crippen LogP contribution < -0.4 is 21.9 Å². The number of rotatable bonds is 4. The predicted octanol–water partition coefficient (Wildman–Crippen LogP) is 5.94. The third-order valence-electron chi connectivity index (χ3n) is 6.71. The quantitative estimate of drug-likeness (QED) is 0.122. The van der Waals surface area contributed by atoms with Gasteiger partial charge < -0.3 is 5.11 Å². The van der Waals surface area contributed by atoms with Gasteiger partial charge in [0, 0.05) is 6.92 Å². The van der Waals surface area contributed by atoms with Crippen LogP contribution in [0.4, 0.5) is 87.8 Å². The lowest BCUT2D eigenvalue weighted by Gasteiger charge is -2.44. The Labute approximate surface area is 255 Å². The Morgan fingerprint density at radius 2 is 0.388 bits per heavy atom. The molecule has 0 spiro atoms. The molecule has 1 N–H and O–H groups in total. The van der Waals surface area contributed by atoms with E-state index < -0.39 is 150 Å². The van der Waals surface area contributed by atoms with Gasteiger partial charge in [-0.3, -0.25) is 4.79 Å². The smallest absolute Gasteiger partial charge is 0.300 e. The summed E-state index contributed by atoms with van der Waals surface area (Å²) < 4.78 is 294. The highest BCUT2D eigenvalue weighted by Crippen LogP contribution is 2.30. The fourth-order valence-corrected chi connectivity index (χ4v) is 4.87. The molecule has 0 fully saturated rings. The van der Waals surface area contributed by atoms with Crippen LogP contribution in [0.25, 0.3) is 0 Å². The zero-order chi connectivity index (χ0) is 37.9. The molecule has 0 heterocycles. The summed E-state index contributed by atoms with van der Waals surface area (Å²) in [6.45, 7) is 1.08. The summed E-state index contributed by atoms with van der Waals surface area (Å²) in [5, 5.41) is 7.42. The van der Waals surface area contributed by atoms with E-state index in [2.05, 4.69) is 0 Å². The molecule has 0 radical (unpaired) electrons. The van der Waals surface area contributed by atoms with E-state index in [-0.39, 0.29) is 0 Å². The summed E-state index contributed by atoms with van der Waals surface area (Å²) in [7, 11) is 0. The molecule has 2 nitrogen and oxygen atoms in total. The minimum absolute atomic E-state index is 0.833. The number of benzene rings is 4. The predicted molar refractivity (Wildman–Crippen MR) is 123 cm³/mol. The van der Waals surface area contributed by atoms with Crippen LogP contribution in [-0.4, -0.2) is 17.2 Å². The van der Waals surface area contributed by atoms with Crippen LogP contribution in [0.15, 0.2) is 0 Å². The highest BCUT2D eigenvalue weighted by Gasteiger charge is 2.52. The first-order valence-corrected chi connectivity index (χ1v) is 11.9. The fraction of sp³-hybridized carbons (Fsp3) is 0.0385. The lowest BCUT2D eigenvalue weighted by atomic mass is 9.12. The van der Waals surface area contributed by atoms with Crippen molar-refractivity contribution in [3.05, 3.63) is 116 Å². The van der Waals surface area contributed by atoms with Gasteiger partial charge in [0.25, 0.3) is 5.97 Å². The number of carbonyl (C=O) groups is 1. The van der Waals surface area contributed by atoms with Crippen molar-refractivity contribution < 1.29 is 97.7 Å². The highest BCUT2D eigenvalue weighted by molar-refractivity contribution is 7.20. The Bertz CT molecular complexity index is 1680. The SMILES string of the molecule is CC(=O)O.Fc1c(F)c(F)c([B-](c2c(F)c(F)c(F)c(F)c2F)(c2c(F)c(F)c(F)c(F)c2F)c2c(F)c(F)c(F)c(F)c2F)c(F)c1F. The van der Waals surface area contributed by atoms with E-state index in [1.165, 1.54) is 0 Å². The molecule has 0 aliphatic carbocycles. The molecule has 0 aromatic heterocycles. The second kappa shape index (κ2) is 13.1. The molecule has 4 aromatic rings. The monoisotopic (exact) mass is 739 g/mol. The van der Waals surface area contributed by atoms with Crippen LogP contribution >= 0.6 is 0 Å². The summed E-state index contributed by atoms with van der Waals surface area (Å²) in [6.07, 6.45) is -7.22. The summed E-state index contributed by atoms with van der Waals surface area (Å²) >= 11 is 0. The molecule has 4 aromatic carbocycles. The Morgan fingerprint density at radius 3 is 0.490 bits per heavy atom. The summed E-state index contributed by atoms with van der Waals surface area (Å²) in [5.74, 6) is -72.2. The molecule has 0 aliphatic rings. The Kier molecular flexibility index (Phi) is 10.3. The van der Waals surface area contributed by atoms with Gasteiger partial charge in [0.05, 0.1) is 0 Å². The molecule has 23 heteroatoms. The minimum Gasteiger partial charge on any atom is -0.481 e. The van der Waals surface area contributed by atoms with Crippen LogP contribution in [-0.2, 0) is 4.79 Å². The molecule has 264 valence electrons. The maximum Gasteiger partial charge on any atom is 0.300 e. The average molecular weight is 739 g/mol. The van der Waals surface area contributed by atoms with E-state index in [0.29, 0.717) is 0 Å². The van der Waals surface area contributed by atoms with Gasteiger partial charge in [-0.15, -0.1) is 21.9 Å². The second-order valence-corrected chi connectivity index (χ2v) is 9.32. The first-order valence-electron chi connectivity index (χ1n) is 11.9. The fourth-order valence-electron chi connectivity index (χ4n) is 4.87. The third-order valence-corrected chi connectivity index (χ3v) is 6.71. The maximum atomic E-state index is 15.4. The number of carboxylic acid groups (broad SMARTS) is 1. The number of carboxylic acids is 1. The van der Waals surface area contributed by atoms with Gasteiger partial charge in [0.1, 0.15) is 52.7 Å². The van der Waals surface area contributed by atoms with Gasteiger partial charge >= 0.3 is 0 Å². The van der Waals surface area contributed by atoms with Crippen molar-refractivity contribution in [1.29, 1.82) is 0 Å². The molecular formula is C26H4BF20O2-. The van der Waals surface area contributed by atoms with Gasteiger partial charge in [0.2, 0.25) is 0 Å². The molecule has 0 amide bonds. The molecule has 0 saturated heterocycles. The van der Waals surface area contributed by atoms with E-state index in [1.54, 1.807) is 0 Å². The van der Waals surface area contributed by atoms with Crippen LogP contribution in [0.5, 0.6) is 0 Å². The Morgan fingerprint density at radius 1 is 0.306 bits per heavy atom. The van der Waals surface area contributed by atoms with Crippen LogP contribution in [0.1, 0.15) is 6.92 Å². The number of hydrogen-bond acceptors (Lipinski definition) is 1. The topological polar surface area (TPSA) is 37.3 Å². The van der Waals surface area contributed by atoms with Gasteiger partial charge in [-0.25, -0.2) is 87.8 Å². The first kappa shape index (κ1) is 38.5. The molecular weight excluding hydrogens is 735 g/mol. The largest absolute Gasteiger partial charge is 0.481 e. The van der Waals surface area contributed by atoms with E-state index in [0.717, 1.165) is 6.92 Å². The van der Waals surface area contributed by atoms with Gasteiger partial charge in [-0.05, 0) is 0 Å². The van der Waals surface area contributed by atoms with Crippen LogP contribution in [0.2, 0.25) is 0 Å². The zero-order valence-corrected chi connectivity index (χ0v) is 22.5. The number of halogens is 20. The summed E-state index contributed by atoms with van der Waals surface area (Å²) in [6, 6.07) is 0. The van der Waals surface area contributed by atoms with Crippen molar-refractivity contribution in [1.82, 2.24) is 0 Å². The molecule has 0 bridgehead atoms. The summed E-state index contributed by atoms with van der Waals surface area (Å²) in [5.41, 5.74) is -14.3. The maximum absolute atomic E-state index is 15.4. The van der Waals surface area contributed by atoms with E-state index in [4.69, 9.17) is 9.90 Å². The van der Waals surface area contributed by atoms with Crippen molar-refractivity contribution in [2.75, 3.05) is 0 Å². The van der Waals surface area contributed by atoms with E-state index >= 15 is 35.1 Å². The zero-order valence-electron chi connectivity index (χ0n) is 22.5. The normalized spacial score (nSPS) is 11.5. The number of aliphatic carboxylic acids is 1. The molecule has 49 heavy (non-hydrogen) atoms. The van der Waals surface area contributed by atoms with Crippen LogP contribution in [0.3, 0.4) is 0 Å². The van der Waals surface area contributed by atoms with E-state index in [9.17, 15) is 52.7 Å². The molecule has 0 aliphatic heterocycles. The van der Waals surface area contributed by atoms with Gasteiger partial charge in [-0.2, -0.15) is 0 Å². The summed E-state index contributed by atoms with van der Waals surface area (Å²) in [4.78, 5) is 9.00. The van der Waals surface area contributed by atoms with Gasteiger partial charge in [0.15, 0.2) is 69.8 Å². The highest BCUT2D eigenvalue weighted by atomic mass is 19.2. The number of hydrogen-bond donors (Lipinski definition) is 1. The lowest BCUT2D eigenvalue weighted by Crippen LogP contribution is -2.81. The molecule has 0 atom stereocenters. The van der Waals surface area contributed by atoms with E-state index in [1.807, 2.05) is 0 Å². The van der Waals surface area contributed by atoms with Crippen LogP contribution in [0, 0.1) is 116 Å². The van der Waals surface area contributed by atoms with Crippen molar-refractivity contribution >= 4 is 34.0 Å². The third kappa shape index (κ3) is 5.47. The van der Waals surface area contributed by atoms with Crippen molar-refractivity contribution in [2.45, 2.75) is 6.92 Å². The standard InChI is InChI=1S/C24BF20.C2H4O2/c26-5-1(6(27)14(35)21(42)13(5)34)25(2-7(28)15(36)22(43)16(37)8(2)29,3-9(30)17(38)23(44)18(39)10(3)31)4-11(32)19(40)24(45)20(41)12(4)33;1-2(3)4/h;1H3,(H,3,4)/q-1;. The Balaban J connectivity index is 0.00000154. The Hall–Kier alpha value is -4.99. The molecule has 0 unspecified atom stereocenters. The second-order valence-electron chi connectivity index (χ2n) is 9.32. The molecule has 4 rings (SSSR count). The van der Waals surface area contributed by atoms with Gasteiger partial charge in [-0.1, -0.05) is 0 Å². The average Bonchev–Trinajstić information content (AvgIpc) is 3.04. The minimum atomic E-state index is -7.22.